The first-order valence-electron chi connectivity index (χ1n) is 5.09. The molecule has 0 unspecified atom stereocenters. The lowest BCUT2D eigenvalue weighted by Gasteiger charge is -2.12. The maximum absolute atomic E-state index is 5.61. The summed E-state index contributed by atoms with van der Waals surface area (Å²) in [5, 5.41) is 0. The van der Waals surface area contributed by atoms with Gasteiger partial charge in [-0.1, -0.05) is 55.2 Å². The van der Waals surface area contributed by atoms with Gasteiger partial charge in [-0.2, -0.15) is 0 Å². The lowest BCUT2D eigenvalue weighted by molar-refractivity contribution is 0.359. The molecular formula is C14H14O. The van der Waals surface area contributed by atoms with E-state index >= 15 is 0 Å². The largest absolute Gasteiger partial charge is 0.489 e. The van der Waals surface area contributed by atoms with Crippen molar-refractivity contribution in [1.29, 1.82) is 0 Å². The van der Waals surface area contributed by atoms with Gasteiger partial charge in [-0.25, -0.2) is 0 Å². The lowest BCUT2D eigenvalue weighted by Crippen LogP contribution is -1.99. The third kappa shape index (κ3) is 2.18. The zero-order valence-corrected chi connectivity index (χ0v) is 8.60. The maximum atomic E-state index is 5.61. The van der Waals surface area contributed by atoms with Crippen molar-refractivity contribution >= 4 is 0 Å². The highest BCUT2D eigenvalue weighted by molar-refractivity contribution is 5.43. The Bertz CT molecular complexity index is 390. The van der Waals surface area contributed by atoms with Crippen LogP contribution >= 0.6 is 0 Å². The van der Waals surface area contributed by atoms with E-state index in [1.54, 1.807) is 6.08 Å². The van der Waals surface area contributed by atoms with Crippen LogP contribution in [0, 0.1) is 0 Å². The monoisotopic (exact) mass is 198 g/mol. The van der Waals surface area contributed by atoms with E-state index in [-0.39, 0.29) is 0 Å². The van der Waals surface area contributed by atoms with E-state index in [4.69, 9.17) is 4.74 Å². The SMILES string of the molecule is C=CCOc1ccccc1C1C=CC=C1. The second kappa shape index (κ2) is 4.65. The predicted molar refractivity (Wildman–Crippen MR) is 63.2 cm³/mol. The minimum absolute atomic E-state index is 0.353. The average molecular weight is 198 g/mol. The topological polar surface area (TPSA) is 9.23 Å². The van der Waals surface area contributed by atoms with Gasteiger partial charge in [0.1, 0.15) is 12.4 Å². The van der Waals surface area contributed by atoms with Gasteiger partial charge in [-0.15, -0.1) is 0 Å². The van der Waals surface area contributed by atoms with E-state index in [9.17, 15) is 0 Å². The van der Waals surface area contributed by atoms with Crippen LogP contribution in [-0.4, -0.2) is 6.61 Å². The summed E-state index contributed by atoms with van der Waals surface area (Å²) in [5.74, 6) is 1.30. The van der Waals surface area contributed by atoms with Gasteiger partial charge in [0.15, 0.2) is 0 Å². The predicted octanol–water partition coefficient (Wildman–Crippen LogP) is 3.46. The van der Waals surface area contributed by atoms with E-state index < -0.39 is 0 Å². The normalized spacial score (nSPS) is 14.4. The molecule has 2 rings (SSSR count). The van der Waals surface area contributed by atoms with Crippen molar-refractivity contribution in [3.63, 3.8) is 0 Å². The molecule has 15 heavy (non-hydrogen) atoms. The van der Waals surface area contributed by atoms with Crippen LogP contribution in [0.25, 0.3) is 0 Å². The molecule has 0 radical (unpaired) electrons. The molecule has 0 amide bonds. The Morgan fingerprint density at radius 1 is 1.20 bits per heavy atom. The molecule has 0 saturated heterocycles. The summed E-state index contributed by atoms with van der Waals surface area (Å²) in [4.78, 5) is 0. The fourth-order valence-corrected chi connectivity index (χ4v) is 1.68. The molecule has 0 bridgehead atoms. The van der Waals surface area contributed by atoms with Crippen molar-refractivity contribution < 1.29 is 4.74 Å². The zero-order chi connectivity index (χ0) is 10.5. The van der Waals surface area contributed by atoms with Crippen molar-refractivity contribution in [2.24, 2.45) is 0 Å². The molecule has 1 aromatic carbocycles. The molecule has 76 valence electrons. The fourth-order valence-electron chi connectivity index (χ4n) is 1.68. The summed E-state index contributed by atoms with van der Waals surface area (Å²) in [5.41, 5.74) is 1.21. The number of benzene rings is 1. The molecule has 1 aliphatic rings. The van der Waals surface area contributed by atoms with Crippen molar-refractivity contribution in [3.8, 4) is 5.75 Å². The Morgan fingerprint density at radius 3 is 2.67 bits per heavy atom. The van der Waals surface area contributed by atoms with Gasteiger partial charge in [-0.05, 0) is 6.07 Å². The van der Waals surface area contributed by atoms with Crippen LogP contribution in [-0.2, 0) is 0 Å². The van der Waals surface area contributed by atoms with Crippen LogP contribution < -0.4 is 4.74 Å². The molecule has 1 heteroatoms. The minimum Gasteiger partial charge on any atom is -0.489 e. The first kappa shape index (κ1) is 9.78. The van der Waals surface area contributed by atoms with Crippen LogP contribution in [0.4, 0.5) is 0 Å². The molecule has 0 fully saturated rings. The van der Waals surface area contributed by atoms with Crippen molar-refractivity contribution in [2.45, 2.75) is 5.92 Å². The summed E-state index contributed by atoms with van der Waals surface area (Å²) in [7, 11) is 0. The van der Waals surface area contributed by atoms with Crippen molar-refractivity contribution in [2.75, 3.05) is 6.61 Å². The van der Waals surface area contributed by atoms with Crippen LogP contribution in [0.3, 0.4) is 0 Å². The Hall–Kier alpha value is -1.76. The molecule has 0 saturated carbocycles. The quantitative estimate of drug-likeness (QED) is 0.673. The second-order valence-corrected chi connectivity index (χ2v) is 3.43. The van der Waals surface area contributed by atoms with E-state index in [2.05, 4.69) is 36.9 Å². The molecule has 1 aliphatic carbocycles. The van der Waals surface area contributed by atoms with E-state index in [0.29, 0.717) is 12.5 Å². The highest BCUT2D eigenvalue weighted by Gasteiger charge is 2.11. The van der Waals surface area contributed by atoms with E-state index in [1.165, 1.54) is 5.56 Å². The number of ether oxygens (including phenoxy) is 1. The highest BCUT2D eigenvalue weighted by atomic mass is 16.5. The summed E-state index contributed by atoms with van der Waals surface area (Å²) >= 11 is 0. The maximum Gasteiger partial charge on any atom is 0.123 e. The zero-order valence-electron chi connectivity index (χ0n) is 8.60. The Balaban J connectivity index is 2.24. The number of allylic oxidation sites excluding steroid dienone is 4. The third-order valence-corrected chi connectivity index (χ3v) is 2.38. The Labute approximate surface area is 90.4 Å². The van der Waals surface area contributed by atoms with Crippen LogP contribution in [0.2, 0.25) is 0 Å². The molecule has 0 atom stereocenters. The van der Waals surface area contributed by atoms with Crippen LogP contribution in [0.1, 0.15) is 11.5 Å². The van der Waals surface area contributed by atoms with Gasteiger partial charge in [0.25, 0.3) is 0 Å². The molecule has 0 spiro atoms. The molecule has 1 aromatic rings. The Kier molecular flexibility index (Phi) is 3.03. The molecule has 0 heterocycles. The van der Waals surface area contributed by atoms with Crippen molar-refractivity contribution in [1.82, 2.24) is 0 Å². The van der Waals surface area contributed by atoms with Gasteiger partial charge < -0.3 is 4.74 Å². The molecule has 0 aliphatic heterocycles. The van der Waals surface area contributed by atoms with Gasteiger partial charge in [0.2, 0.25) is 0 Å². The Morgan fingerprint density at radius 2 is 1.93 bits per heavy atom. The molecule has 0 aromatic heterocycles. The molecule has 1 nitrogen and oxygen atoms in total. The van der Waals surface area contributed by atoms with Crippen LogP contribution in [0.5, 0.6) is 5.75 Å². The number of rotatable bonds is 4. The number of hydrogen-bond donors (Lipinski definition) is 0. The number of hydrogen-bond acceptors (Lipinski definition) is 1. The minimum atomic E-state index is 0.353. The van der Waals surface area contributed by atoms with E-state index in [0.717, 1.165) is 5.75 Å². The summed E-state index contributed by atoms with van der Waals surface area (Å²) in [6.45, 7) is 4.20. The van der Waals surface area contributed by atoms with E-state index in [1.807, 2.05) is 18.2 Å². The molecule has 0 N–H and O–H groups in total. The average Bonchev–Trinajstić information content (AvgIpc) is 2.80. The number of para-hydroxylation sites is 1. The van der Waals surface area contributed by atoms with Gasteiger partial charge in [0, 0.05) is 11.5 Å². The molecular weight excluding hydrogens is 184 g/mol. The van der Waals surface area contributed by atoms with Gasteiger partial charge in [-0.3, -0.25) is 0 Å². The summed E-state index contributed by atoms with van der Waals surface area (Å²) in [6.07, 6.45) is 10.2. The first-order chi connectivity index (χ1) is 7.42. The summed E-state index contributed by atoms with van der Waals surface area (Å²) < 4.78 is 5.61. The standard InChI is InChI=1S/C14H14O/c1-2-11-15-14-10-6-5-9-13(14)12-7-3-4-8-12/h2-10,12H,1,11H2. The highest BCUT2D eigenvalue weighted by Crippen LogP contribution is 2.30. The second-order valence-electron chi connectivity index (χ2n) is 3.43. The first-order valence-corrected chi connectivity index (χ1v) is 5.09. The van der Waals surface area contributed by atoms with Gasteiger partial charge in [0.05, 0.1) is 0 Å². The summed E-state index contributed by atoms with van der Waals surface area (Å²) in [6, 6.07) is 8.13. The van der Waals surface area contributed by atoms with Gasteiger partial charge >= 0.3 is 0 Å². The smallest absolute Gasteiger partial charge is 0.123 e. The third-order valence-electron chi connectivity index (χ3n) is 2.38. The van der Waals surface area contributed by atoms with Crippen molar-refractivity contribution in [3.05, 3.63) is 66.8 Å². The lowest BCUT2D eigenvalue weighted by atomic mass is 10.00. The van der Waals surface area contributed by atoms with Crippen LogP contribution in [0.15, 0.2) is 61.2 Å². The fraction of sp³-hybridized carbons (Fsp3) is 0.143.